The van der Waals surface area contributed by atoms with Crippen molar-refractivity contribution >= 4 is 17.4 Å². The van der Waals surface area contributed by atoms with E-state index in [1.165, 1.54) is 25.7 Å². The molecule has 0 radical (unpaired) electrons. The van der Waals surface area contributed by atoms with E-state index in [9.17, 15) is 4.79 Å². The summed E-state index contributed by atoms with van der Waals surface area (Å²) in [5.41, 5.74) is 2.86. The topological polar surface area (TPSA) is 76.6 Å². The van der Waals surface area contributed by atoms with Gasteiger partial charge in [-0.1, -0.05) is 25.0 Å². The number of amides is 1. The molecule has 0 saturated carbocycles. The summed E-state index contributed by atoms with van der Waals surface area (Å²) < 4.78 is 11.2. The van der Waals surface area contributed by atoms with Crippen molar-refractivity contribution < 1.29 is 14.3 Å². The van der Waals surface area contributed by atoms with Gasteiger partial charge in [-0.25, -0.2) is 0 Å². The summed E-state index contributed by atoms with van der Waals surface area (Å²) >= 11 is 0. The summed E-state index contributed by atoms with van der Waals surface area (Å²) in [6, 6.07) is 16.9. The number of aromatic nitrogens is 2. The van der Waals surface area contributed by atoms with E-state index in [2.05, 4.69) is 20.4 Å². The maximum Gasteiger partial charge on any atom is 0.255 e. The zero-order valence-corrected chi connectivity index (χ0v) is 19.9. The molecule has 1 saturated heterocycles. The number of carbonyl (C=O) groups excluding carboxylic acids is 1. The lowest BCUT2D eigenvalue weighted by molar-refractivity contribution is 0.102. The summed E-state index contributed by atoms with van der Waals surface area (Å²) in [6.07, 6.45) is 4.96. The lowest BCUT2D eigenvalue weighted by Gasteiger charge is -2.20. The van der Waals surface area contributed by atoms with E-state index in [1.807, 2.05) is 50.2 Å². The standard InChI is InChI=1S/C27H32N4O3/c1-3-33-24-14-12-21(19-25(24)34-4-2)27(32)28-22-11-9-10-20(18-22)23-13-15-26(30-29-23)31-16-7-5-6-8-17-31/h9-15,18-19H,3-8,16-17H2,1-2H3,(H,28,32). The van der Waals surface area contributed by atoms with Crippen LogP contribution in [0.2, 0.25) is 0 Å². The number of hydrogen-bond acceptors (Lipinski definition) is 6. The largest absolute Gasteiger partial charge is 0.490 e. The number of benzene rings is 2. The highest BCUT2D eigenvalue weighted by Gasteiger charge is 2.14. The average molecular weight is 461 g/mol. The number of nitrogens with zero attached hydrogens (tertiary/aromatic N) is 3. The SMILES string of the molecule is CCOc1ccc(C(=O)Nc2cccc(-c3ccc(N4CCCCCC4)nn3)c2)cc1OCC. The quantitative estimate of drug-likeness (QED) is 0.473. The van der Waals surface area contributed by atoms with Gasteiger partial charge >= 0.3 is 0 Å². The minimum atomic E-state index is -0.219. The molecule has 0 spiro atoms. The highest BCUT2D eigenvalue weighted by Crippen LogP contribution is 2.29. The van der Waals surface area contributed by atoms with Gasteiger partial charge in [0.1, 0.15) is 0 Å². The molecule has 3 aromatic rings. The number of carbonyl (C=O) groups is 1. The van der Waals surface area contributed by atoms with Gasteiger partial charge in [-0.2, -0.15) is 0 Å². The molecule has 34 heavy (non-hydrogen) atoms. The number of anilines is 2. The predicted octanol–water partition coefficient (Wildman–Crippen LogP) is 5.57. The molecule has 7 heteroatoms. The Kier molecular flexibility index (Phi) is 7.96. The molecule has 1 amide bonds. The van der Waals surface area contributed by atoms with Crippen molar-refractivity contribution in [2.24, 2.45) is 0 Å². The van der Waals surface area contributed by atoms with Crippen molar-refractivity contribution in [3.8, 4) is 22.8 Å². The van der Waals surface area contributed by atoms with E-state index in [-0.39, 0.29) is 5.91 Å². The van der Waals surface area contributed by atoms with Gasteiger partial charge < -0.3 is 19.7 Å². The van der Waals surface area contributed by atoms with Crippen LogP contribution in [0.4, 0.5) is 11.5 Å². The Hall–Kier alpha value is -3.61. The molecule has 1 N–H and O–H groups in total. The van der Waals surface area contributed by atoms with Crippen LogP contribution in [0.15, 0.2) is 54.6 Å². The van der Waals surface area contributed by atoms with Crippen molar-refractivity contribution in [3.05, 3.63) is 60.2 Å². The lowest BCUT2D eigenvalue weighted by atomic mass is 10.1. The van der Waals surface area contributed by atoms with Gasteiger partial charge in [0, 0.05) is 29.9 Å². The summed E-state index contributed by atoms with van der Waals surface area (Å²) in [4.78, 5) is 15.2. The summed E-state index contributed by atoms with van der Waals surface area (Å²) in [5.74, 6) is 1.90. The molecular weight excluding hydrogens is 428 g/mol. The maximum absolute atomic E-state index is 12.9. The minimum Gasteiger partial charge on any atom is -0.490 e. The van der Waals surface area contributed by atoms with E-state index in [1.54, 1.807) is 18.2 Å². The molecule has 4 rings (SSSR count). The van der Waals surface area contributed by atoms with Crippen molar-refractivity contribution in [1.29, 1.82) is 0 Å². The molecule has 178 valence electrons. The van der Waals surface area contributed by atoms with Crippen LogP contribution in [0.5, 0.6) is 11.5 Å². The molecule has 2 heterocycles. The highest BCUT2D eigenvalue weighted by molar-refractivity contribution is 6.04. The third-order valence-corrected chi connectivity index (χ3v) is 5.80. The predicted molar refractivity (Wildman–Crippen MR) is 135 cm³/mol. The molecule has 1 aliphatic rings. The fraction of sp³-hybridized carbons (Fsp3) is 0.370. The van der Waals surface area contributed by atoms with Crippen LogP contribution in [0.25, 0.3) is 11.3 Å². The third kappa shape index (κ3) is 5.84. The van der Waals surface area contributed by atoms with Gasteiger partial charge in [0.05, 0.1) is 18.9 Å². The minimum absolute atomic E-state index is 0.219. The molecule has 2 aromatic carbocycles. The fourth-order valence-corrected chi connectivity index (χ4v) is 4.10. The number of hydrogen-bond donors (Lipinski definition) is 1. The lowest BCUT2D eigenvalue weighted by Crippen LogP contribution is -2.25. The Balaban J connectivity index is 1.47. The smallest absolute Gasteiger partial charge is 0.255 e. The van der Waals surface area contributed by atoms with Gasteiger partial charge in [0.15, 0.2) is 17.3 Å². The fourth-order valence-electron chi connectivity index (χ4n) is 4.10. The number of rotatable bonds is 8. The summed E-state index contributed by atoms with van der Waals surface area (Å²) in [5, 5.41) is 11.9. The first-order valence-electron chi connectivity index (χ1n) is 12.1. The molecule has 7 nitrogen and oxygen atoms in total. The van der Waals surface area contributed by atoms with E-state index in [0.717, 1.165) is 30.2 Å². The first kappa shape index (κ1) is 23.5. The highest BCUT2D eigenvalue weighted by atomic mass is 16.5. The van der Waals surface area contributed by atoms with Crippen LogP contribution in [-0.2, 0) is 0 Å². The Bertz CT molecular complexity index is 1090. The zero-order chi connectivity index (χ0) is 23.8. The van der Waals surface area contributed by atoms with E-state index in [4.69, 9.17) is 9.47 Å². The second-order valence-corrected chi connectivity index (χ2v) is 8.24. The van der Waals surface area contributed by atoms with E-state index in [0.29, 0.717) is 36.0 Å². The zero-order valence-electron chi connectivity index (χ0n) is 19.9. The maximum atomic E-state index is 12.9. The Morgan fingerprint density at radius 1 is 0.882 bits per heavy atom. The van der Waals surface area contributed by atoms with Crippen LogP contribution < -0.4 is 19.7 Å². The van der Waals surface area contributed by atoms with Crippen molar-refractivity contribution in [1.82, 2.24) is 10.2 Å². The Labute approximate surface area is 201 Å². The van der Waals surface area contributed by atoms with Gasteiger partial charge in [-0.3, -0.25) is 4.79 Å². The van der Waals surface area contributed by atoms with Crippen LogP contribution in [0.1, 0.15) is 49.9 Å². The Morgan fingerprint density at radius 2 is 1.65 bits per heavy atom. The molecule has 1 aliphatic heterocycles. The van der Waals surface area contributed by atoms with Gasteiger partial charge in [-0.15, -0.1) is 10.2 Å². The number of ether oxygens (including phenoxy) is 2. The third-order valence-electron chi connectivity index (χ3n) is 5.80. The summed E-state index contributed by atoms with van der Waals surface area (Å²) in [7, 11) is 0. The molecule has 0 unspecified atom stereocenters. The normalized spacial score (nSPS) is 13.8. The second kappa shape index (κ2) is 11.5. The molecule has 0 aliphatic carbocycles. The Morgan fingerprint density at radius 3 is 2.35 bits per heavy atom. The van der Waals surface area contributed by atoms with Gasteiger partial charge in [-0.05, 0) is 69.2 Å². The second-order valence-electron chi connectivity index (χ2n) is 8.24. The van der Waals surface area contributed by atoms with E-state index >= 15 is 0 Å². The molecule has 1 aromatic heterocycles. The summed E-state index contributed by atoms with van der Waals surface area (Å²) in [6.45, 7) is 6.90. The van der Waals surface area contributed by atoms with E-state index < -0.39 is 0 Å². The number of nitrogens with one attached hydrogen (secondary N) is 1. The monoisotopic (exact) mass is 460 g/mol. The first-order valence-corrected chi connectivity index (χ1v) is 12.1. The van der Waals surface area contributed by atoms with Crippen molar-refractivity contribution in [2.45, 2.75) is 39.5 Å². The van der Waals surface area contributed by atoms with Gasteiger partial charge in [0.25, 0.3) is 5.91 Å². The first-order chi connectivity index (χ1) is 16.7. The molecule has 1 fully saturated rings. The molecule has 0 atom stereocenters. The average Bonchev–Trinajstić information content (AvgIpc) is 3.15. The van der Waals surface area contributed by atoms with Crippen LogP contribution >= 0.6 is 0 Å². The van der Waals surface area contributed by atoms with Gasteiger partial charge in [0.2, 0.25) is 0 Å². The molecule has 0 bridgehead atoms. The molecular formula is C27H32N4O3. The van der Waals surface area contributed by atoms with Crippen LogP contribution in [0.3, 0.4) is 0 Å². The van der Waals surface area contributed by atoms with Crippen LogP contribution in [0, 0.1) is 0 Å². The van der Waals surface area contributed by atoms with Crippen LogP contribution in [-0.4, -0.2) is 42.4 Å². The van der Waals surface area contributed by atoms with Crippen molar-refractivity contribution in [2.75, 3.05) is 36.5 Å². The van der Waals surface area contributed by atoms with Crippen molar-refractivity contribution in [3.63, 3.8) is 0 Å².